The van der Waals surface area contributed by atoms with Crippen molar-refractivity contribution in [2.75, 3.05) is 6.54 Å². The highest BCUT2D eigenvalue weighted by molar-refractivity contribution is 6.33. The summed E-state index contributed by atoms with van der Waals surface area (Å²) < 4.78 is 0. The van der Waals surface area contributed by atoms with Crippen LogP contribution < -0.4 is 5.73 Å². The molecule has 0 heterocycles. The van der Waals surface area contributed by atoms with Gasteiger partial charge in [0.15, 0.2) is 0 Å². The Kier molecular flexibility index (Phi) is 5.56. The van der Waals surface area contributed by atoms with Gasteiger partial charge in [0.2, 0.25) is 0 Å². The second-order valence-corrected chi connectivity index (χ2v) is 6.73. The molecule has 1 nitrogen and oxygen atoms in total. The average molecular weight is 300 g/mol. The molecular weight excluding hydrogens is 277 g/mol. The van der Waals surface area contributed by atoms with Gasteiger partial charge in [-0.05, 0) is 55.0 Å². The lowest BCUT2D eigenvalue weighted by atomic mass is 9.72. The summed E-state index contributed by atoms with van der Waals surface area (Å²) in [5, 5.41) is 1.58. The van der Waals surface area contributed by atoms with E-state index >= 15 is 0 Å². The minimum Gasteiger partial charge on any atom is -0.330 e. The fourth-order valence-electron chi connectivity index (χ4n) is 3.19. The third kappa shape index (κ3) is 4.11. The van der Waals surface area contributed by atoms with Crippen LogP contribution in [0.4, 0.5) is 0 Å². The van der Waals surface area contributed by atoms with Crippen LogP contribution in [-0.2, 0) is 6.42 Å². The molecule has 0 atom stereocenters. The smallest absolute Gasteiger partial charge is 0.0439 e. The first-order chi connectivity index (χ1) is 9.15. The lowest BCUT2D eigenvalue weighted by Crippen LogP contribution is -2.33. The minimum absolute atomic E-state index is 0.217. The van der Waals surface area contributed by atoms with Crippen LogP contribution in [0.1, 0.15) is 50.5 Å². The van der Waals surface area contributed by atoms with Crippen LogP contribution in [0.5, 0.6) is 0 Å². The Morgan fingerprint density at radius 3 is 2.26 bits per heavy atom. The Labute approximate surface area is 126 Å². The topological polar surface area (TPSA) is 26.0 Å². The second-order valence-electron chi connectivity index (χ2n) is 5.88. The summed E-state index contributed by atoms with van der Waals surface area (Å²) >= 11 is 12.4. The van der Waals surface area contributed by atoms with Crippen molar-refractivity contribution >= 4 is 23.2 Å². The first-order valence-corrected chi connectivity index (χ1v) is 8.05. The molecule has 1 aliphatic rings. The van der Waals surface area contributed by atoms with Gasteiger partial charge >= 0.3 is 0 Å². The van der Waals surface area contributed by atoms with Crippen molar-refractivity contribution in [3.63, 3.8) is 0 Å². The molecule has 0 saturated heterocycles. The predicted octanol–water partition coefficient (Wildman–Crippen LogP) is 5.23. The van der Waals surface area contributed by atoms with Crippen molar-refractivity contribution in [1.82, 2.24) is 0 Å². The first kappa shape index (κ1) is 15.2. The Bertz CT molecular complexity index is 409. The van der Waals surface area contributed by atoms with Crippen molar-refractivity contribution in [2.24, 2.45) is 11.1 Å². The van der Waals surface area contributed by atoms with Crippen LogP contribution in [-0.4, -0.2) is 6.54 Å². The molecule has 0 aromatic heterocycles. The molecular formula is C16H23Cl2N. The van der Waals surface area contributed by atoms with E-state index in [4.69, 9.17) is 28.9 Å². The highest BCUT2D eigenvalue weighted by Gasteiger charge is 2.29. The molecule has 1 saturated carbocycles. The molecule has 1 aliphatic carbocycles. The molecule has 2 N–H and O–H groups in total. The van der Waals surface area contributed by atoms with Crippen molar-refractivity contribution < 1.29 is 0 Å². The van der Waals surface area contributed by atoms with Gasteiger partial charge in [-0.25, -0.2) is 0 Å². The fourth-order valence-corrected chi connectivity index (χ4v) is 3.57. The van der Waals surface area contributed by atoms with Crippen LogP contribution in [0.15, 0.2) is 18.2 Å². The van der Waals surface area contributed by atoms with E-state index in [0.29, 0.717) is 0 Å². The van der Waals surface area contributed by atoms with Gasteiger partial charge in [-0.2, -0.15) is 0 Å². The number of nitrogens with two attached hydrogens (primary N) is 1. The zero-order valence-electron chi connectivity index (χ0n) is 11.4. The molecule has 1 fully saturated rings. The molecule has 2 rings (SSSR count). The number of hydrogen-bond acceptors (Lipinski definition) is 1. The molecule has 1 aromatic carbocycles. The number of hydrogen-bond donors (Lipinski definition) is 1. The van der Waals surface area contributed by atoms with Gasteiger partial charge in [0.25, 0.3) is 0 Å². The standard InChI is InChI=1S/C16H23Cl2N/c17-14-6-7-15(18)13(10-14)11-16(12-19)8-4-2-1-3-5-9-16/h6-7,10H,1-5,8-9,11-12,19H2. The predicted molar refractivity (Wildman–Crippen MR) is 84.0 cm³/mol. The SMILES string of the molecule is NCC1(Cc2cc(Cl)ccc2Cl)CCCCCCC1. The van der Waals surface area contributed by atoms with Gasteiger partial charge in [-0.3, -0.25) is 0 Å². The summed E-state index contributed by atoms with van der Waals surface area (Å²) in [5.41, 5.74) is 7.49. The summed E-state index contributed by atoms with van der Waals surface area (Å²) in [4.78, 5) is 0. The van der Waals surface area contributed by atoms with Crippen LogP contribution in [0, 0.1) is 5.41 Å². The number of benzene rings is 1. The van der Waals surface area contributed by atoms with E-state index in [1.54, 1.807) is 0 Å². The molecule has 0 aliphatic heterocycles. The van der Waals surface area contributed by atoms with Crippen molar-refractivity contribution in [1.29, 1.82) is 0 Å². The van der Waals surface area contributed by atoms with E-state index < -0.39 is 0 Å². The molecule has 106 valence electrons. The van der Waals surface area contributed by atoms with E-state index in [-0.39, 0.29) is 5.41 Å². The van der Waals surface area contributed by atoms with Gasteiger partial charge in [0.1, 0.15) is 0 Å². The molecule has 1 aromatic rings. The summed E-state index contributed by atoms with van der Waals surface area (Å²) in [5.74, 6) is 0. The highest BCUT2D eigenvalue weighted by atomic mass is 35.5. The van der Waals surface area contributed by atoms with Crippen LogP contribution in [0.2, 0.25) is 10.0 Å². The maximum absolute atomic E-state index is 6.31. The van der Waals surface area contributed by atoms with Gasteiger partial charge < -0.3 is 5.73 Å². The normalized spacial score (nSPS) is 19.7. The molecule has 0 spiro atoms. The quantitative estimate of drug-likeness (QED) is 0.813. The lowest BCUT2D eigenvalue weighted by Gasteiger charge is -2.35. The van der Waals surface area contributed by atoms with Crippen LogP contribution >= 0.6 is 23.2 Å². The van der Waals surface area contributed by atoms with E-state index in [1.165, 1.54) is 44.9 Å². The number of halogens is 2. The van der Waals surface area contributed by atoms with E-state index in [9.17, 15) is 0 Å². The fraction of sp³-hybridized carbons (Fsp3) is 0.625. The summed E-state index contributed by atoms with van der Waals surface area (Å²) in [6.45, 7) is 0.746. The Hall–Kier alpha value is -0.240. The summed E-state index contributed by atoms with van der Waals surface area (Å²) in [6.07, 6.45) is 10.0. The van der Waals surface area contributed by atoms with E-state index in [2.05, 4.69) is 0 Å². The van der Waals surface area contributed by atoms with Crippen LogP contribution in [0.25, 0.3) is 0 Å². The van der Waals surface area contributed by atoms with E-state index in [1.807, 2.05) is 18.2 Å². The maximum Gasteiger partial charge on any atom is 0.0439 e. The Morgan fingerprint density at radius 1 is 1.00 bits per heavy atom. The maximum atomic E-state index is 6.31. The van der Waals surface area contributed by atoms with Crippen molar-refractivity contribution in [3.8, 4) is 0 Å². The van der Waals surface area contributed by atoms with Crippen LogP contribution in [0.3, 0.4) is 0 Å². The zero-order valence-corrected chi connectivity index (χ0v) is 12.9. The van der Waals surface area contributed by atoms with E-state index in [0.717, 1.165) is 28.6 Å². The molecule has 0 amide bonds. The molecule has 3 heteroatoms. The van der Waals surface area contributed by atoms with Gasteiger partial charge in [0.05, 0.1) is 0 Å². The lowest BCUT2D eigenvalue weighted by molar-refractivity contribution is 0.217. The first-order valence-electron chi connectivity index (χ1n) is 7.29. The molecule has 0 radical (unpaired) electrons. The minimum atomic E-state index is 0.217. The van der Waals surface area contributed by atoms with Crippen molar-refractivity contribution in [3.05, 3.63) is 33.8 Å². The summed E-state index contributed by atoms with van der Waals surface area (Å²) in [6, 6.07) is 5.74. The third-order valence-electron chi connectivity index (χ3n) is 4.42. The number of rotatable bonds is 3. The highest BCUT2D eigenvalue weighted by Crippen LogP contribution is 2.38. The zero-order chi connectivity index (χ0) is 13.7. The van der Waals surface area contributed by atoms with Gasteiger partial charge in [-0.1, -0.05) is 55.3 Å². The van der Waals surface area contributed by atoms with Gasteiger partial charge in [0, 0.05) is 10.0 Å². The molecule has 0 bridgehead atoms. The average Bonchev–Trinajstić information content (AvgIpc) is 2.37. The Morgan fingerprint density at radius 2 is 1.63 bits per heavy atom. The molecule has 0 unspecified atom stereocenters. The van der Waals surface area contributed by atoms with Crippen molar-refractivity contribution in [2.45, 2.75) is 51.4 Å². The second kappa shape index (κ2) is 6.97. The summed E-state index contributed by atoms with van der Waals surface area (Å²) in [7, 11) is 0. The third-order valence-corrected chi connectivity index (χ3v) is 5.02. The Balaban J connectivity index is 2.18. The van der Waals surface area contributed by atoms with Gasteiger partial charge in [-0.15, -0.1) is 0 Å². The molecule has 19 heavy (non-hydrogen) atoms. The largest absolute Gasteiger partial charge is 0.330 e. The monoisotopic (exact) mass is 299 g/mol.